The molecule has 0 unspecified atom stereocenters. The molecule has 8 heteroatoms. The van der Waals surface area contributed by atoms with Crippen molar-refractivity contribution in [1.29, 1.82) is 0 Å². The van der Waals surface area contributed by atoms with Crippen LogP contribution in [0.25, 0.3) is 0 Å². The first-order valence-corrected chi connectivity index (χ1v) is 6.88. The Morgan fingerprint density at radius 1 is 1.17 bits per heavy atom. The maximum Gasteiger partial charge on any atom is 0.338 e. The second-order valence-electron chi connectivity index (χ2n) is 4.79. The first kappa shape index (κ1) is 17.1. The van der Waals surface area contributed by atoms with E-state index in [1.54, 1.807) is 0 Å². The summed E-state index contributed by atoms with van der Waals surface area (Å²) >= 11 is 0. The molecular formula is C16H13FN2O5. The summed E-state index contributed by atoms with van der Waals surface area (Å²) in [6.07, 6.45) is 0. The molecule has 0 aliphatic carbocycles. The highest BCUT2D eigenvalue weighted by molar-refractivity contribution is 5.91. The lowest BCUT2D eigenvalue weighted by molar-refractivity contribution is -0.384. The summed E-state index contributed by atoms with van der Waals surface area (Å²) in [7, 11) is 0. The van der Waals surface area contributed by atoms with Crippen LogP contribution in [0.4, 0.5) is 10.1 Å². The number of rotatable bonds is 6. The minimum Gasteiger partial charge on any atom is -0.452 e. The second-order valence-corrected chi connectivity index (χ2v) is 4.79. The van der Waals surface area contributed by atoms with Crippen molar-refractivity contribution in [2.24, 2.45) is 0 Å². The molecule has 2 rings (SSSR count). The van der Waals surface area contributed by atoms with Crippen molar-refractivity contribution in [2.75, 3.05) is 6.61 Å². The van der Waals surface area contributed by atoms with E-state index in [1.165, 1.54) is 42.5 Å². The lowest BCUT2D eigenvalue weighted by Gasteiger charge is -2.07. The number of nitro benzene ring substituents is 1. The minimum atomic E-state index is -0.837. The highest BCUT2D eigenvalue weighted by Crippen LogP contribution is 2.13. The van der Waals surface area contributed by atoms with Crippen molar-refractivity contribution in [1.82, 2.24) is 5.32 Å². The SMILES string of the molecule is O=C(COC(=O)c1cccc([N+](=O)[O-])c1)NCc1ccc(F)cc1. The summed E-state index contributed by atoms with van der Waals surface area (Å²) in [6.45, 7) is -0.365. The normalized spacial score (nSPS) is 10.0. The van der Waals surface area contributed by atoms with Gasteiger partial charge in [0.2, 0.25) is 0 Å². The van der Waals surface area contributed by atoms with Gasteiger partial charge in [0.15, 0.2) is 6.61 Å². The van der Waals surface area contributed by atoms with Crippen LogP contribution in [-0.2, 0) is 16.1 Å². The van der Waals surface area contributed by atoms with Crippen LogP contribution in [0.2, 0.25) is 0 Å². The van der Waals surface area contributed by atoms with Gasteiger partial charge in [-0.2, -0.15) is 0 Å². The Bertz CT molecular complexity index is 761. The molecule has 0 atom stereocenters. The van der Waals surface area contributed by atoms with Gasteiger partial charge in [0.05, 0.1) is 10.5 Å². The van der Waals surface area contributed by atoms with Crippen molar-refractivity contribution in [3.05, 3.63) is 75.6 Å². The zero-order valence-electron chi connectivity index (χ0n) is 12.4. The average molecular weight is 332 g/mol. The van der Waals surface area contributed by atoms with Crippen LogP contribution in [-0.4, -0.2) is 23.4 Å². The first-order valence-electron chi connectivity index (χ1n) is 6.88. The highest BCUT2D eigenvalue weighted by Gasteiger charge is 2.14. The molecule has 0 saturated heterocycles. The number of amides is 1. The Hall–Kier alpha value is -3.29. The summed E-state index contributed by atoms with van der Waals surface area (Å²) in [5, 5.41) is 13.2. The third-order valence-corrected chi connectivity index (χ3v) is 3.03. The molecule has 0 aliphatic rings. The summed E-state index contributed by atoms with van der Waals surface area (Å²) in [6, 6.07) is 10.6. The highest BCUT2D eigenvalue weighted by atomic mass is 19.1. The molecular weight excluding hydrogens is 319 g/mol. The number of carbonyl (C=O) groups excluding carboxylic acids is 2. The number of halogens is 1. The Morgan fingerprint density at radius 3 is 2.54 bits per heavy atom. The molecule has 0 bridgehead atoms. The van der Waals surface area contributed by atoms with Gasteiger partial charge in [-0.25, -0.2) is 9.18 Å². The molecule has 0 aromatic heterocycles. The monoisotopic (exact) mass is 332 g/mol. The van der Waals surface area contributed by atoms with E-state index in [0.29, 0.717) is 5.56 Å². The van der Waals surface area contributed by atoms with E-state index in [1.807, 2.05) is 0 Å². The van der Waals surface area contributed by atoms with Crippen molar-refractivity contribution >= 4 is 17.6 Å². The lowest BCUT2D eigenvalue weighted by Crippen LogP contribution is -2.28. The molecule has 0 radical (unpaired) electrons. The fourth-order valence-electron chi connectivity index (χ4n) is 1.81. The van der Waals surface area contributed by atoms with E-state index < -0.39 is 23.4 Å². The summed E-state index contributed by atoms with van der Waals surface area (Å²) in [5.41, 5.74) is 0.426. The van der Waals surface area contributed by atoms with Crippen LogP contribution < -0.4 is 5.32 Å². The number of nitrogens with one attached hydrogen (secondary N) is 1. The van der Waals surface area contributed by atoms with Crippen molar-refractivity contribution < 1.29 is 23.6 Å². The van der Waals surface area contributed by atoms with E-state index in [2.05, 4.69) is 5.32 Å². The number of hydrogen-bond acceptors (Lipinski definition) is 5. The number of carbonyl (C=O) groups is 2. The maximum absolute atomic E-state index is 12.7. The fraction of sp³-hybridized carbons (Fsp3) is 0.125. The summed E-state index contributed by atoms with van der Waals surface area (Å²) in [5.74, 6) is -1.76. The zero-order chi connectivity index (χ0) is 17.5. The summed E-state index contributed by atoms with van der Waals surface area (Å²) in [4.78, 5) is 33.4. The van der Waals surface area contributed by atoms with E-state index in [0.717, 1.165) is 6.07 Å². The van der Waals surface area contributed by atoms with Gasteiger partial charge in [0.25, 0.3) is 11.6 Å². The van der Waals surface area contributed by atoms with Crippen molar-refractivity contribution in [3.8, 4) is 0 Å². The van der Waals surface area contributed by atoms with Gasteiger partial charge in [-0.15, -0.1) is 0 Å². The van der Waals surface area contributed by atoms with Crippen LogP contribution in [0.1, 0.15) is 15.9 Å². The zero-order valence-corrected chi connectivity index (χ0v) is 12.4. The molecule has 7 nitrogen and oxygen atoms in total. The number of non-ortho nitro benzene ring substituents is 1. The topological polar surface area (TPSA) is 98.5 Å². The van der Waals surface area contributed by atoms with Crippen LogP contribution in [0.3, 0.4) is 0 Å². The molecule has 0 spiro atoms. The Balaban J connectivity index is 1.82. The van der Waals surface area contributed by atoms with E-state index in [4.69, 9.17) is 4.74 Å². The molecule has 0 fully saturated rings. The van der Waals surface area contributed by atoms with Crippen LogP contribution >= 0.6 is 0 Å². The number of nitro groups is 1. The largest absolute Gasteiger partial charge is 0.452 e. The number of esters is 1. The van der Waals surface area contributed by atoms with Crippen LogP contribution in [0, 0.1) is 15.9 Å². The fourth-order valence-corrected chi connectivity index (χ4v) is 1.81. The van der Waals surface area contributed by atoms with E-state index in [-0.39, 0.29) is 23.6 Å². The quantitative estimate of drug-likeness (QED) is 0.497. The molecule has 2 aromatic rings. The Morgan fingerprint density at radius 2 is 1.88 bits per heavy atom. The maximum atomic E-state index is 12.7. The van der Waals surface area contributed by atoms with Gasteiger partial charge >= 0.3 is 5.97 Å². The van der Waals surface area contributed by atoms with Crippen LogP contribution in [0.15, 0.2) is 48.5 Å². The third kappa shape index (κ3) is 4.87. The van der Waals surface area contributed by atoms with Gasteiger partial charge in [0.1, 0.15) is 5.82 Å². The predicted octanol–water partition coefficient (Wildman–Crippen LogP) is 2.21. The second kappa shape index (κ2) is 7.82. The number of benzene rings is 2. The molecule has 0 saturated carbocycles. The third-order valence-electron chi connectivity index (χ3n) is 3.03. The molecule has 124 valence electrons. The average Bonchev–Trinajstić information content (AvgIpc) is 2.59. The standard InChI is InChI=1S/C16H13FN2O5/c17-13-6-4-11(5-7-13)9-18-15(20)10-24-16(21)12-2-1-3-14(8-12)19(22)23/h1-8H,9-10H2,(H,18,20). The summed E-state index contributed by atoms with van der Waals surface area (Å²) < 4.78 is 17.5. The van der Waals surface area contributed by atoms with Gasteiger partial charge in [0, 0.05) is 18.7 Å². The van der Waals surface area contributed by atoms with Gasteiger partial charge in [-0.05, 0) is 23.8 Å². The van der Waals surface area contributed by atoms with E-state index in [9.17, 15) is 24.1 Å². The molecule has 24 heavy (non-hydrogen) atoms. The molecule has 0 aliphatic heterocycles. The number of hydrogen-bond donors (Lipinski definition) is 1. The van der Waals surface area contributed by atoms with Crippen molar-refractivity contribution in [3.63, 3.8) is 0 Å². The minimum absolute atomic E-state index is 0.0180. The number of nitrogens with zero attached hydrogens (tertiary/aromatic N) is 1. The number of ether oxygens (including phenoxy) is 1. The smallest absolute Gasteiger partial charge is 0.338 e. The Labute approximate surface area is 136 Å². The van der Waals surface area contributed by atoms with E-state index >= 15 is 0 Å². The lowest BCUT2D eigenvalue weighted by atomic mass is 10.2. The van der Waals surface area contributed by atoms with Crippen LogP contribution in [0.5, 0.6) is 0 Å². The first-order chi connectivity index (χ1) is 11.5. The van der Waals surface area contributed by atoms with Gasteiger partial charge in [-0.3, -0.25) is 14.9 Å². The van der Waals surface area contributed by atoms with Gasteiger partial charge < -0.3 is 10.1 Å². The molecule has 0 heterocycles. The molecule has 1 amide bonds. The molecule has 1 N–H and O–H groups in total. The van der Waals surface area contributed by atoms with Crippen molar-refractivity contribution in [2.45, 2.75) is 6.54 Å². The molecule has 2 aromatic carbocycles. The Kier molecular flexibility index (Phi) is 5.56. The van der Waals surface area contributed by atoms with Gasteiger partial charge in [-0.1, -0.05) is 18.2 Å². The predicted molar refractivity (Wildman–Crippen MR) is 81.6 cm³/mol.